The van der Waals surface area contributed by atoms with E-state index in [2.05, 4.69) is 10.1 Å². The van der Waals surface area contributed by atoms with Crippen molar-refractivity contribution >= 4 is 5.97 Å². The number of carbonyl (C=O) groups is 1. The Balaban J connectivity index is 2.47. The van der Waals surface area contributed by atoms with Crippen LogP contribution >= 0.6 is 0 Å². The van der Waals surface area contributed by atoms with Crippen LogP contribution in [0.15, 0.2) is 24.3 Å². The molecule has 0 spiro atoms. The third-order valence-corrected chi connectivity index (χ3v) is 2.42. The van der Waals surface area contributed by atoms with Crippen molar-refractivity contribution in [1.82, 2.24) is 14.8 Å². The molecular weight excluding hydrogens is 230 g/mol. The van der Waals surface area contributed by atoms with Gasteiger partial charge in [0.25, 0.3) is 0 Å². The first-order chi connectivity index (χ1) is 8.61. The van der Waals surface area contributed by atoms with Gasteiger partial charge in [0.1, 0.15) is 5.82 Å². The molecule has 2 aromatic rings. The minimum atomic E-state index is -0.459. The Hall–Kier alpha value is -2.17. The number of carbonyl (C=O) groups excluding carboxylic acids is 1. The van der Waals surface area contributed by atoms with Crippen molar-refractivity contribution in [2.75, 3.05) is 6.61 Å². The summed E-state index contributed by atoms with van der Waals surface area (Å²) in [5.41, 5.74) is 1.90. The second kappa shape index (κ2) is 5.00. The predicted octanol–water partition coefficient (Wildman–Crippen LogP) is 2.06. The van der Waals surface area contributed by atoms with E-state index in [0.29, 0.717) is 12.4 Å². The van der Waals surface area contributed by atoms with Gasteiger partial charge < -0.3 is 4.74 Å². The summed E-state index contributed by atoms with van der Waals surface area (Å²) in [4.78, 5) is 15.9. The number of rotatable bonds is 3. The summed E-state index contributed by atoms with van der Waals surface area (Å²) >= 11 is 0. The summed E-state index contributed by atoms with van der Waals surface area (Å²) < 4.78 is 6.49. The highest BCUT2D eigenvalue weighted by Gasteiger charge is 2.18. The summed E-state index contributed by atoms with van der Waals surface area (Å²) in [7, 11) is 0. The molecule has 18 heavy (non-hydrogen) atoms. The fraction of sp³-hybridized carbons (Fsp3) is 0.308. The quantitative estimate of drug-likeness (QED) is 0.777. The molecule has 0 fully saturated rings. The molecule has 0 radical (unpaired) electrons. The Labute approximate surface area is 105 Å². The van der Waals surface area contributed by atoms with E-state index >= 15 is 0 Å². The number of hydrogen-bond acceptors (Lipinski definition) is 4. The van der Waals surface area contributed by atoms with Crippen LogP contribution < -0.4 is 0 Å². The maximum atomic E-state index is 11.8. The number of benzene rings is 1. The van der Waals surface area contributed by atoms with Crippen LogP contribution in [0.3, 0.4) is 0 Å². The minimum absolute atomic E-state index is 0.208. The number of nitrogens with zero attached hydrogens (tertiary/aromatic N) is 3. The van der Waals surface area contributed by atoms with E-state index < -0.39 is 5.97 Å². The lowest BCUT2D eigenvalue weighted by molar-refractivity contribution is 0.0508. The molecule has 0 saturated carbocycles. The Morgan fingerprint density at radius 1 is 1.39 bits per heavy atom. The second-order valence-electron chi connectivity index (χ2n) is 3.95. The number of ether oxygens (including phenoxy) is 1. The zero-order chi connectivity index (χ0) is 13.1. The molecule has 0 amide bonds. The van der Waals surface area contributed by atoms with Crippen molar-refractivity contribution in [3.05, 3.63) is 41.5 Å². The van der Waals surface area contributed by atoms with Crippen LogP contribution in [-0.2, 0) is 4.74 Å². The summed E-state index contributed by atoms with van der Waals surface area (Å²) in [6.07, 6.45) is 0. The Kier molecular flexibility index (Phi) is 3.41. The SMILES string of the molecule is CCOC(=O)c1nc(C)nn1-c1cccc(C)c1. The van der Waals surface area contributed by atoms with Crippen LogP contribution in [0.25, 0.3) is 5.69 Å². The number of aryl methyl sites for hydroxylation is 2. The zero-order valence-corrected chi connectivity index (χ0v) is 10.7. The van der Waals surface area contributed by atoms with Gasteiger partial charge in [-0.05, 0) is 38.5 Å². The molecule has 2 rings (SSSR count). The topological polar surface area (TPSA) is 57.0 Å². The van der Waals surface area contributed by atoms with Crippen molar-refractivity contribution in [1.29, 1.82) is 0 Å². The molecule has 0 saturated heterocycles. The normalized spacial score (nSPS) is 10.4. The monoisotopic (exact) mass is 245 g/mol. The van der Waals surface area contributed by atoms with Gasteiger partial charge in [0.15, 0.2) is 0 Å². The van der Waals surface area contributed by atoms with E-state index in [1.807, 2.05) is 31.2 Å². The van der Waals surface area contributed by atoms with Crippen LogP contribution in [-0.4, -0.2) is 27.3 Å². The van der Waals surface area contributed by atoms with Crippen LogP contribution in [0.2, 0.25) is 0 Å². The van der Waals surface area contributed by atoms with E-state index in [1.165, 1.54) is 4.68 Å². The first-order valence-corrected chi connectivity index (χ1v) is 5.79. The average Bonchev–Trinajstić information content (AvgIpc) is 2.72. The zero-order valence-electron chi connectivity index (χ0n) is 10.7. The summed E-state index contributed by atoms with van der Waals surface area (Å²) in [5.74, 6) is 0.291. The van der Waals surface area contributed by atoms with E-state index in [0.717, 1.165) is 11.3 Å². The lowest BCUT2D eigenvalue weighted by Gasteiger charge is -2.05. The molecule has 0 bridgehead atoms. The number of esters is 1. The number of hydrogen-bond donors (Lipinski definition) is 0. The van der Waals surface area contributed by atoms with Gasteiger partial charge in [-0.25, -0.2) is 14.5 Å². The Bertz CT molecular complexity index is 575. The molecule has 5 nitrogen and oxygen atoms in total. The van der Waals surface area contributed by atoms with Crippen LogP contribution in [0.5, 0.6) is 0 Å². The highest BCUT2D eigenvalue weighted by atomic mass is 16.5. The van der Waals surface area contributed by atoms with Crippen molar-refractivity contribution in [2.45, 2.75) is 20.8 Å². The molecule has 1 aromatic heterocycles. The van der Waals surface area contributed by atoms with Crippen molar-refractivity contribution in [3.63, 3.8) is 0 Å². The smallest absolute Gasteiger partial charge is 0.376 e. The van der Waals surface area contributed by atoms with Gasteiger partial charge in [-0.3, -0.25) is 0 Å². The van der Waals surface area contributed by atoms with E-state index in [9.17, 15) is 4.79 Å². The largest absolute Gasteiger partial charge is 0.460 e. The first-order valence-electron chi connectivity index (χ1n) is 5.79. The van der Waals surface area contributed by atoms with Gasteiger partial charge in [0, 0.05) is 0 Å². The second-order valence-corrected chi connectivity index (χ2v) is 3.95. The van der Waals surface area contributed by atoms with E-state index in [-0.39, 0.29) is 5.82 Å². The van der Waals surface area contributed by atoms with Gasteiger partial charge in [0.05, 0.1) is 12.3 Å². The highest BCUT2D eigenvalue weighted by molar-refractivity contribution is 5.86. The maximum Gasteiger partial charge on any atom is 0.376 e. The van der Waals surface area contributed by atoms with Gasteiger partial charge in [-0.1, -0.05) is 12.1 Å². The summed E-state index contributed by atoms with van der Waals surface area (Å²) in [6, 6.07) is 7.72. The molecular formula is C13H15N3O2. The maximum absolute atomic E-state index is 11.8. The third kappa shape index (κ3) is 2.40. The molecule has 0 aliphatic rings. The Morgan fingerprint density at radius 2 is 2.17 bits per heavy atom. The van der Waals surface area contributed by atoms with Gasteiger partial charge in [-0.15, -0.1) is 0 Å². The molecule has 0 atom stereocenters. The highest BCUT2D eigenvalue weighted by Crippen LogP contribution is 2.12. The molecule has 0 unspecified atom stereocenters. The van der Waals surface area contributed by atoms with Gasteiger partial charge in [0.2, 0.25) is 5.82 Å². The molecule has 1 aromatic carbocycles. The molecule has 0 aliphatic carbocycles. The Morgan fingerprint density at radius 3 is 2.83 bits per heavy atom. The van der Waals surface area contributed by atoms with E-state index in [1.54, 1.807) is 13.8 Å². The number of aromatic nitrogens is 3. The molecule has 0 N–H and O–H groups in total. The van der Waals surface area contributed by atoms with Crippen LogP contribution in [0, 0.1) is 13.8 Å². The van der Waals surface area contributed by atoms with Crippen LogP contribution in [0.1, 0.15) is 28.9 Å². The van der Waals surface area contributed by atoms with Crippen LogP contribution in [0.4, 0.5) is 0 Å². The average molecular weight is 245 g/mol. The fourth-order valence-electron chi connectivity index (χ4n) is 1.68. The van der Waals surface area contributed by atoms with Crippen molar-refractivity contribution in [3.8, 4) is 5.69 Å². The molecule has 1 heterocycles. The van der Waals surface area contributed by atoms with Crippen molar-refractivity contribution < 1.29 is 9.53 Å². The van der Waals surface area contributed by atoms with Crippen molar-refractivity contribution in [2.24, 2.45) is 0 Å². The third-order valence-electron chi connectivity index (χ3n) is 2.42. The fourth-order valence-corrected chi connectivity index (χ4v) is 1.68. The summed E-state index contributed by atoms with van der Waals surface area (Å²) in [5, 5.41) is 4.23. The van der Waals surface area contributed by atoms with Gasteiger partial charge in [-0.2, -0.15) is 5.10 Å². The minimum Gasteiger partial charge on any atom is -0.460 e. The molecule has 94 valence electrons. The predicted molar refractivity (Wildman–Crippen MR) is 66.8 cm³/mol. The summed E-state index contributed by atoms with van der Waals surface area (Å²) in [6.45, 7) is 5.81. The lowest BCUT2D eigenvalue weighted by Crippen LogP contribution is -2.13. The first kappa shape index (κ1) is 12.3. The lowest BCUT2D eigenvalue weighted by atomic mass is 10.2. The van der Waals surface area contributed by atoms with E-state index in [4.69, 9.17) is 4.74 Å². The molecule has 5 heteroatoms. The van der Waals surface area contributed by atoms with Gasteiger partial charge >= 0.3 is 5.97 Å². The molecule has 0 aliphatic heterocycles. The standard InChI is InChI=1S/C13H15N3O2/c1-4-18-13(17)12-14-10(3)15-16(12)11-7-5-6-9(2)8-11/h5-8H,4H2,1-3H3.